The van der Waals surface area contributed by atoms with Crippen molar-refractivity contribution in [2.24, 2.45) is 0 Å². The molecule has 3 nitrogen and oxygen atoms in total. The van der Waals surface area contributed by atoms with E-state index in [1.807, 2.05) is 12.1 Å². The molecule has 0 saturated carbocycles. The number of rotatable bonds is 2. The van der Waals surface area contributed by atoms with Crippen LogP contribution in [-0.4, -0.2) is 5.91 Å². The zero-order chi connectivity index (χ0) is 14.8. The Morgan fingerprint density at radius 3 is 2.86 bits per heavy atom. The van der Waals surface area contributed by atoms with Crippen molar-refractivity contribution in [1.29, 1.82) is 0 Å². The van der Waals surface area contributed by atoms with Crippen molar-refractivity contribution in [3.8, 4) is 0 Å². The van der Waals surface area contributed by atoms with E-state index in [1.54, 1.807) is 12.1 Å². The molecule has 0 heterocycles. The molecule has 1 unspecified atom stereocenters. The molecule has 1 aliphatic rings. The Balaban J connectivity index is 1.83. The molecular weight excluding hydrogens is 328 g/mol. The van der Waals surface area contributed by atoms with Crippen LogP contribution in [0.3, 0.4) is 0 Å². The summed E-state index contributed by atoms with van der Waals surface area (Å²) >= 11 is 3.35. The second kappa shape index (κ2) is 5.90. The molecule has 1 atom stereocenters. The number of benzene rings is 2. The Bertz CT molecular complexity index is 684. The number of anilines is 1. The fourth-order valence-electron chi connectivity index (χ4n) is 2.88. The first-order chi connectivity index (χ1) is 10.1. The van der Waals surface area contributed by atoms with Crippen molar-refractivity contribution in [3.63, 3.8) is 0 Å². The van der Waals surface area contributed by atoms with Crippen LogP contribution in [0.15, 0.2) is 46.9 Å². The summed E-state index contributed by atoms with van der Waals surface area (Å²) in [5.41, 5.74) is 9.51. The van der Waals surface area contributed by atoms with Crippen LogP contribution in [0, 0.1) is 0 Å². The first kappa shape index (κ1) is 14.1. The average molecular weight is 345 g/mol. The van der Waals surface area contributed by atoms with E-state index in [0.717, 1.165) is 23.7 Å². The quantitative estimate of drug-likeness (QED) is 0.813. The van der Waals surface area contributed by atoms with E-state index in [1.165, 1.54) is 11.1 Å². The summed E-state index contributed by atoms with van der Waals surface area (Å²) in [5.74, 6) is -0.110. The van der Waals surface area contributed by atoms with Gasteiger partial charge in [-0.2, -0.15) is 0 Å². The maximum absolute atomic E-state index is 12.4. The van der Waals surface area contributed by atoms with Crippen molar-refractivity contribution >= 4 is 27.5 Å². The minimum atomic E-state index is -0.110. The van der Waals surface area contributed by atoms with E-state index in [0.29, 0.717) is 11.3 Å². The van der Waals surface area contributed by atoms with Crippen molar-refractivity contribution < 1.29 is 4.79 Å². The maximum atomic E-state index is 12.4. The highest BCUT2D eigenvalue weighted by Gasteiger charge is 2.22. The largest absolute Gasteiger partial charge is 0.398 e. The highest BCUT2D eigenvalue weighted by Crippen LogP contribution is 2.30. The molecular formula is C17H17BrN2O. The Labute approximate surface area is 132 Å². The van der Waals surface area contributed by atoms with E-state index < -0.39 is 0 Å². The number of fused-ring (bicyclic) bond motifs is 1. The molecule has 0 aliphatic heterocycles. The summed E-state index contributed by atoms with van der Waals surface area (Å²) in [6, 6.07) is 13.7. The first-order valence-electron chi connectivity index (χ1n) is 7.09. The highest BCUT2D eigenvalue weighted by atomic mass is 79.9. The lowest BCUT2D eigenvalue weighted by atomic mass is 9.87. The van der Waals surface area contributed by atoms with Gasteiger partial charge in [0.1, 0.15) is 0 Å². The number of hydrogen-bond acceptors (Lipinski definition) is 2. The minimum Gasteiger partial charge on any atom is -0.398 e. The van der Waals surface area contributed by atoms with Gasteiger partial charge in [0.15, 0.2) is 0 Å². The molecule has 0 bridgehead atoms. The van der Waals surface area contributed by atoms with Crippen LogP contribution in [0.25, 0.3) is 0 Å². The minimum absolute atomic E-state index is 0.0745. The second-order valence-corrected chi connectivity index (χ2v) is 6.26. The van der Waals surface area contributed by atoms with Crippen molar-refractivity contribution in [1.82, 2.24) is 5.32 Å². The van der Waals surface area contributed by atoms with Crippen molar-refractivity contribution in [2.75, 3.05) is 5.73 Å². The molecule has 4 heteroatoms. The van der Waals surface area contributed by atoms with E-state index >= 15 is 0 Å². The lowest BCUT2D eigenvalue weighted by Crippen LogP contribution is -2.31. The van der Waals surface area contributed by atoms with Gasteiger partial charge in [-0.15, -0.1) is 0 Å². The lowest BCUT2D eigenvalue weighted by Gasteiger charge is -2.26. The number of aryl methyl sites for hydroxylation is 1. The number of carbonyl (C=O) groups excluding carboxylic acids is 1. The Morgan fingerprint density at radius 2 is 2.05 bits per heavy atom. The van der Waals surface area contributed by atoms with Gasteiger partial charge in [-0.05, 0) is 48.6 Å². The predicted octanol–water partition coefficient (Wildman–Crippen LogP) is 3.84. The summed E-state index contributed by atoms with van der Waals surface area (Å²) in [6.07, 6.45) is 3.15. The first-order valence-corrected chi connectivity index (χ1v) is 7.88. The standard InChI is InChI=1S/C17H17BrN2O/c18-12-8-9-14(15(19)10-12)17(21)20-16-7-3-5-11-4-1-2-6-13(11)16/h1-2,4,6,8-10,16H,3,5,7,19H2,(H,20,21). The molecule has 0 radical (unpaired) electrons. The number of carbonyl (C=O) groups is 1. The molecule has 1 aliphatic carbocycles. The van der Waals surface area contributed by atoms with Gasteiger partial charge < -0.3 is 11.1 Å². The molecule has 3 N–H and O–H groups in total. The summed E-state index contributed by atoms with van der Waals surface area (Å²) in [6.45, 7) is 0. The van der Waals surface area contributed by atoms with Crippen LogP contribution in [0.2, 0.25) is 0 Å². The number of hydrogen-bond donors (Lipinski definition) is 2. The zero-order valence-electron chi connectivity index (χ0n) is 11.6. The Morgan fingerprint density at radius 1 is 1.24 bits per heavy atom. The number of amides is 1. The number of nitrogen functional groups attached to an aromatic ring is 1. The molecule has 108 valence electrons. The fourth-order valence-corrected chi connectivity index (χ4v) is 3.26. The van der Waals surface area contributed by atoms with Gasteiger partial charge in [-0.3, -0.25) is 4.79 Å². The Kier molecular flexibility index (Phi) is 3.97. The van der Waals surface area contributed by atoms with E-state index in [4.69, 9.17) is 5.73 Å². The van der Waals surface area contributed by atoms with Crippen LogP contribution in [0.1, 0.15) is 40.4 Å². The molecule has 0 fully saturated rings. The van der Waals surface area contributed by atoms with E-state index in [2.05, 4.69) is 39.4 Å². The summed E-state index contributed by atoms with van der Waals surface area (Å²) in [7, 11) is 0. The van der Waals surface area contributed by atoms with Gasteiger partial charge in [0.2, 0.25) is 0 Å². The smallest absolute Gasteiger partial charge is 0.253 e. The van der Waals surface area contributed by atoms with E-state index in [-0.39, 0.29) is 11.9 Å². The van der Waals surface area contributed by atoms with Crippen molar-refractivity contribution in [2.45, 2.75) is 25.3 Å². The SMILES string of the molecule is Nc1cc(Br)ccc1C(=O)NC1CCCc2ccccc21. The zero-order valence-corrected chi connectivity index (χ0v) is 13.2. The van der Waals surface area contributed by atoms with Gasteiger partial charge in [-0.1, -0.05) is 40.2 Å². The number of nitrogens with one attached hydrogen (secondary N) is 1. The third kappa shape index (κ3) is 2.95. The van der Waals surface area contributed by atoms with E-state index in [9.17, 15) is 4.79 Å². The fraction of sp³-hybridized carbons (Fsp3) is 0.235. The van der Waals surface area contributed by atoms with Crippen LogP contribution in [-0.2, 0) is 6.42 Å². The molecule has 0 aromatic heterocycles. The molecule has 1 amide bonds. The van der Waals surface area contributed by atoms with Crippen LogP contribution >= 0.6 is 15.9 Å². The van der Waals surface area contributed by atoms with Crippen LogP contribution < -0.4 is 11.1 Å². The molecule has 2 aromatic rings. The maximum Gasteiger partial charge on any atom is 0.253 e. The molecule has 0 saturated heterocycles. The van der Waals surface area contributed by atoms with Gasteiger partial charge in [0.25, 0.3) is 5.91 Å². The normalized spacial score (nSPS) is 17.1. The van der Waals surface area contributed by atoms with Gasteiger partial charge >= 0.3 is 0 Å². The second-order valence-electron chi connectivity index (χ2n) is 5.35. The summed E-state index contributed by atoms with van der Waals surface area (Å²) in [4.78, 5) is 12.4. The Hall–Kier alpha value is -1.81. The highest BCUT2D eigenvalue weighted by molar-refractivity contribution is 9.10. The van der Waals surface area contributed by atoms with Gasteiger partial charge in [0, 0.05) is 10.2 Å². The van der Waals surface area contributed by atoms with Gasteiger partial charge in [0.05, 0.1) is 11.6 Å². The molecule has 21 heavy (non-hydrogen) atoms. The number of nitrogens with two attached hydrogens (primary N) is 1. The lowest BCUT2D eigenvalue weighted by molar-refractivity contribution is 0.0933. The average Bonchev–Trinajstić information content (AvgIpc) is 2.47. The summed E-state index contributed by atoms with van der Waals surface area (Å²) in [5, 5.41) is 3.12. The monoisotopic (exact) mass is 344 g/mol. The third-order valence-electron chi connectivity index (χ3n) is 3.93. The molecule has 0 spiro atoms. The predicted molar refractivity (Wildman–Crippen MR) is 88.1 cm³/mol. The topological polar surface area (TPSA) is 55.1 Å². The molecule has 2 aromatic carbocycles. The summed E-state index contributed by atoms with van der Waals surface area (Å²) < 4.78 is 0.875. The van der Waals surface area contributed by atoms with Gasteiger partial charge in [-0.25, -0.2) is 0 Å². The van der Waals surface area contributed by atoms with Crippen LogP contribution in [0.4, 0.5) is 5.69 Å². The number of halogens is 1. The third-order valence-corrected chi connectivity index (χ3v) is 4.43. The van der Waals surface area contributed by atoms with Crippen molar-refractivity contribution in [3.05, 3.63) is 63.6 Å². The van der Waals surface area contributed by atoms with Crippen LogP contribution in [0.5, 0.6) is 0 Å². The molecule has 3 rings (SSSR count).